The van der Waals surface area contributed by atoms with Gasteiger partial charge >= 0.3 is 0 Å². The quantitative estimate of drug-likeness (QED) is 0.0190. The van der Waals surface area contributed by atoms with Gasteiger partial charge in [-0.05, 0) is 55.4 Å². The molecule has 0 radical (unpaired) electrons. The number of hydrogen-bond acceptors (Lipinski definition) is 17. The molecule has 1 heterocycles. The summed E-state index contributed by atoms with van der Waals surface area (Å²) in [6, 6.07) is 4.82. The number of phenols is 1. The summed E-state index contributed by atoms with van der Waals surface area (Å²) < 4.78 is 11.3. The molecular formula is C50H75N13O16. The number of aliphatic hydroxyl groups excluding tert-OH is 3. The highest BCUT2D eigenvalue weighted by Crippen LogP contribution is 2.23. The van der Waals surface area contributed by atoms with Crippen LogP contribution in [0, 0.1) is 5.92 Å². The first-order valence-corrected chi connectivity index (χ1v) is 25.3. The molecule has 1 aliphatic heterocycles. The molecule has 0 spiro atoms. The van der Waals surface area contributed by atoms with Crippen LogP contribution in [0.5, 0.6) is 5.75 Å². The molecule has 19 N–H and O–H groups in total. The summed E-state index contributed by atoms with van der Waals surface area (Å²) >= 11 is 0. The van der Waals surface area contributed by atoms with Crippen molar-refractivity contribution in [2.75, 3.05) is 32.8 Å². The van der Waals surface area contributed by atoms with Crippen LogP contribution in [0.1, 0.15) is 65.0 Å². The summed E-state index contributed by atoms with van der Waals surface area (Å²) in [4.78, 5) is 135. The van der Waals surface area contributed by atoms with E-state index in [-0.39, 0.29) is 56.3 Å². The van der Waals surface area contributed by atoms with Crippen LogP contribution in [0.3, 0.4) is 0 Å². The molecule has 0 unspecified atom stereocenters. The molecule has 436 valence electrons. The zero-order valence-electron chi connectivity index (χ0n) is 44.6. The van der Waals surface area contributed by atoms with Crippen molar-refractivity contribution in [1.29, 1.82) is 0 Å². The Morgan fingerprint density at radius 2 is 1.22 bits per heavy atom. The summed E-state index contributed by atoms with van der Waals surface area (Å²) in [5.41, 5.74) is 17.7. The smallest absolute Gasteiger partial charge is 0.245 e. The van der Waals surface area contributed by atoms with Gasteiger partial charge in [0.15, 0.2) is 12.2 Å². The number of carbonyl (C=O) groups excluding carboxylic acids is 10. The van der Waals surface area contributed by atoms with Crippen molar-refractivity contribution in [1.82, 2.24) is 47.9 Å². The normalized spacial score (nSPS) is 19.0. The zero-order valence-corrected chi connectivity index (χ0v) is 44.6. The van der Waals surface area contributed by atoms with Crippen LogP contribution in [-0.4, -0.2) is 185 Å². The van der Waals surface area contributed by atoms with Crippen LogP contribution in [0.15, 0.2) is 59.6 Å². The third kappa shape index (κ3) is 23.3. The number of ether oxygens (including phenoxy) is 2. The monoisotopic (exact) mass is 1110 g/mol. The van der Waals surface area contributed by atoms with Gasteiger partial charge in [-0.2, -0.15) is 0 Å². The van der Waals surface area contributed by atoms with Gasteiger partial charge in [0.25, 0.3) is 0 Å². The number of phenolic OH excluding ortho intramolecular Hbond substituents is 1. The average molecular weight is 1110 g/mol. The van der Waals surface area contributed by atoms with E-state index in [1.165, 1.54) is 38.1 Å². The van der Waals surface area contributed by atoms with Crippen LogP contribution in [-0.2, 0) is 70.3 Å². The standard InChI is InChI=1S/C50H75N13O16/c1-25(2)18-34(58-27(4)65)46(75)63-35(20-30-13-15-31(67)16-14-30)47(76)61-32(12-9-17-54-50(52)53)45(74)57-26(3)44(73)56-21-38(68)55-22-39(69)60-36(48(77)62-33(43(51)72)19-29-10-7-6-8-11-29)24-78-49-40(59-28(5)66)42(71)41(70)37(23-64)79-49/h6-8,10-11,13-16,25-26,32-37,40-42,49,64,67,70-71H,9,12,17-24H2,1-5H3,(H2,51,72)(H,55,68)(H,56,73)(H,57,74)(H,58,65)(H,59,66)(H,60,69)(H,61,76)(H,62,77)(H,63,75)(H4,52,53,54)/t26-,32-,33-,34-,35-,36-,37+,40+,41+,42+,49+/m0/s1. The Morgan fingerprint density at radius 1 is 0.646 bits per heavy atom. The molecule has 29 heteroatoms. The highest BCUT2D eigenvalue weighted by molar-refractivity contribution is 5.97. The minimum absolute atomic E-state index is 0.0377. The molecule has 11 atom stereocenters. The molecule has 79 heavy (non-hydrogen) atoms. The Hall–Kier alpha value is -7.99. The van der Waals surface area contributed by atoms with E-state index in [0.29, 0.717) is 11.1 Å². The largest absolute Gasteiger partial charge is 0.508 e. The number of carbonyl (C=O) groups is 10. The van der Waals surface area contributed by atoms with E-state index < -0.39 is 152 Å². The van der Waals surface area contributed by atoms with Crippen molar-refractivity contribution in [3.05, 3.63) is 65.7 Å². The molecular weight excluding hydrogens is 1040 g/mol. The first-order chi connectivity index (χ1) is 37.3. The molecule has 1 aliphatic rings. The van der Waals surface area contributed by atoms with E-state index in [2.05, 4.69) is 52.8 Å². The first kappa shape index (κ1) is 65.3. The summed E-state index contributed by atoms with van der Waals surface area (Å²) in [7, 11) is 0. The minimum Gasteiger partial charge on any atom is -0.508 e. The molecule has 0 bridgehead atoms. The predicted molar refractivity (Wildman–Crippen MR) is 281 cm³/mol. The maximum atomic E-state index is 14.0. The topological polar surface area (TPSA) is 469 Å². The van der Waals surface area contributed by atoms with E-state index in [9.17, 15) is 68.4 Å². The van der Waals surface area contributed by atoms with E-state index in [4.69, 9.17) is 26.7 Å². The Labute approximate surface area is 455 Å². The second-order valence-electron chi connectivity index (χ2n) is 19.1. The van der Waals surface area contributed by atoms with Crippen molar-refractivity contribution in [2.45, 2.75) is 134 Å². The number of primary amides is 1. The molecule has 1 fully saturated rings. The van der Waals surface area contributed by atoms with Gasteiger partial charge in [0, 0.05) is 33.2 Å². The van der Waals surface area contributed by atoms with Crippen molar-refractivity contribution >= 4 is 65.0 Å². The Bertz CT molecular complexity index is 2430. The summed E-state index contributed by atoms with van der Waals surface area (Å²) in [6.07, 6.45) is -6.29. The van der Waals surface area contributed by atoms with Gasteiger partial charge in [-0.3, -0.25) is 52.9 Å². The predicted octanol–water partition coefficient (Wildman–Crippen LogP) is -6.10. The fourth-order valence-electron chi connectivity index (χ4n) is 7.86. The number of rotatable bonds is 31. The molecule has 10 amide bonds. The summed E-state index contributed by atoms with van der Waals surface area (Å²) in [5.74, 6) is -8.61. The third-order valence-corrected chi connectivity index (χ3v) is 11.9. The van der Waals surface area contributed by atoms with Crippen molar-refractivity contribution in [3.63, 3.8) is 0 Å². The lowest BCUT2D eigenvalue weighted by atomic mass is 9.97. The number of benzene rings is 2. The van der Waals surface area contributed by atoms with Crippen LogP contribution in [0.25, 0.3) is 0 Å². The number of guanidine groups is 1. The summed E-state index contributed by atoms with van der Waals surface area (Å²) in [6.45, 7) is 4.23. The van der Waals surface area contributed by atoms with Crippen molar-refractivity contribution in [3.8, 4) is 5.75 Å². The van der Waals surface area contributed by atoms with Gasteiger partial charge in [-0.15, -0.1) is 0 Å². The van der Waals surface area contributed by atoms with Crippen molar-refractivity contribution < 1.29 is 77.8 Å². The van der Waals surface area contributed by atoms with E-state index in [0.717, 1.165) is 6.92 Å². The molecule has 2 aromatic carbocycles. The molecule has 3 rings (SSSR count). The Morgan fingerprint density at radius 3 is 1.81 bits per heavy atom. The lowest BCUT2D eigenvalue weighted by Gasteiger charge is -2.42. The molecule has 2 aromatic rings. The van der Waals surface area contributed by atoms with Crippen LogP contribution in [0.4, 0.5) is 0 Å². The maximum absolute atomic E-state index is 14.0. The van der Waals surface area contributed by atoms with Gasteiger partial charge in [0.2, 0.25) is 59.1 Å². The highest BCUT2D eigenvalue weighted by Gasteiger charge is 2.46. The third-order valence-electron chi connectivity index (χ3n) is 11.9. The molecule has 0 aromatic heterocycles. The van der Waals surface area contributed by atoms with Crippen LogP contribution in [0.2, 0.25) is 0 Å². The Balaban J connectivity index is 1.72. The summed E-state index contributed by atoms with van der Waals surface area (Å²) in [5, 5.41) is 62.8. The van der Waals surface area contributed by atoms with Crippen molar-refractivity contribution in [2.24, 2.45) is 28.1 Å². The number of nitrogens with zero attached hydrogens (tertiary/aromatic N) is 1. The van der Waals surface area contributed by atoms with Gasteiger partial charge < -0.3 is 95.0 Å². The number of nitrogens with two attached hydrogens (primary N) is 3. The molecule has 0 saturated carbocycles. The minimum atomic E-state index is -1.73. The molecule has 1 saturated heterocycles. The fraction of sp³-hybridized carbons (Fsp3) is 0.540. The second-order valence-corrected chi connectivity index (χ2v) is 19.1. The van der Waals surface area contributed by atoms with Gasteiger partial charge in [0.05, 0.1) is 26.3 Å². The zero-order chi connectivity index (χ0) is 58.9. The maximum Gasteiger partial charge on any atom is 0.245 e. The number of aliphatic hydroxyl groups is 3. The molecule has 0 aliphatic carbocycles. The van der Waals surface area contributed by atoms with Crippen LogP contribution < -0.4 is 65.1 Å². The number of aromatic hydroxyl groups is 1. The Kier molecular flexibility index (Phi) is 27.0. The van der Waals surface area contributed by atoms with Crippen LogP contribution >= 0.6 is 0 Å². The lowest BCUT2D eigenvalue weighted by molar-refractivity contribution is -0.271. The van der Waals surface area contributed by atoms with E-state index in [1.54, 1.807) is 30.3 Å². The average Bonchev–Trinajstić information content (AvgIpc) is 3.38. The molecule has 29 nitrogen and oxygen atoms in total. The first-order valence-electron chi connectivity index (χ1n) is 25.3. The number of nitrogens with one attached hydrogen (secondary N) is 9. The second kappa shape index (κ2) is 32.7. The van der Waals surface area contributed by atoms with E-state index in [1.807, 2.05) is 13.8 Å². The van der Waals surface area contributed by atoms with Gasteiger partial charge in [0.1, 0.15) is 66.4 Å². The van der Waals surface area contributed by atoms with Gasteiger partial charge in [-0.25, -0.2) is 0 Å². The number of aliphatic imine (C=N–C) groups is 1. The number of hydrogen-bond donors (Lipinski definition) is 16. The fourth-order valence-corrected chi connectivity index (χ4v) is 7.86. The SMILES string of the molecule is CC(=O)N[C@H]1[C@H](OC[C@H](NC(=O)CNC(=O)CNC(=O)[C@H](C)NC(=O)[C@H](CCCN=C(N)N)NC(=O)[C@H](Cc2ccc(O)cc2)NC(=O)[C@H](CC(C)C)NC(C)=O)C(=O)N[C@@H](Cc2ccccc2)C(N)=O)O[C@H](CO)[C@@H](O)[C@@H]1O. The highest BCUT2D eigenvalue weighted by atomic mass is 16.7. The van der Waals surface area contributed by atoms with Gasteiger partial charge in [-0.1, -0.05) is 56.3 Å². The van der Waals surface area contributed by atoms with E-state index >= 15 is 0 Å². The number of amides is 10. The lowest BCUT2D eigenvalue weighted by Crippen LogP contribution is -2.65.